The number of methoxy groups -OCH3 is 3. The van der Waals surface area contributed by atoms with Gasteiger partial charge >= 0.3 is 0 Å². The Hall–Kier alpha value is -3.87. The number of nitrogens with zero attached hydrogens (tertiary/aromatic N) is 4. The molecule has 0 spiro atoms. The topological polar surface area (TPSA) is 119 Å². The summed E-state index contributed by atoms with van der Waals surface area (Å²) in [4.78, 5) is 35.7. The lowest BCUT2D eigenvalue weighted by molar-refractivity contribution is -0.146. The minimum absolute atomic E-state index is 0.00716. The summed E-state index contributed by atoms with van der Waals surface area (Å²) in [6.45, 7) is 2.23. The molecule has 2 atom stereocenters. The zero-order valence-corrected chi connectivity index (χ0v) is 24.7. The molecule has 5 rings (SSSR count). The largest absolute Gasteiger partial charge is 0.497 e. The van der Waals surface area contributed by atoms with Gasteiger partial charge in [-0.3, -0.25) is 14.5 Å². The first-order chi connectivity index (χ1) is 19.5. The minimum Gasteiger partial charge on any atom is -0.497 e. The Morgan fingerprint density at radius 2 is 1.73 bits per heavy atom. The molecule has 2 aliphatic heterocycles. The lowest BCUT2D eigenvalue weighted by Crippen LogP contribution is -2.65. The van der Waals surface area contributed by atoms with Gasteiger partial charge in [0.1, 0.15) is 16.4 Å². The number of aromatic nitrogens is 1. The summed E-state index contributed by atoms with van der Waals surface area (Å²) in [5, 5.41) is 0.276. The van der Waals surface area contributed by atoms with Crippen LogP contribution in [-0.2, 0) is 25.2 Å². The fourth-order valence-electron chi connectivity index (χ4n) is 5.67. The van der Waals surface area contributed by atoms with Crippen molar-refractivity contribution in [1.82, 2.24) is 14.8 Å². The van der Waals surface area contributed by atoms with Gasteiger partial charge in [-0.1, -0.05) is 11.6 Å². The molecule has 1 saturated heterocycles. The highest BCUT2D eigenvalue weighted by atomic mass is 35.5. The van der Waals surface area contributed by atoms with Crippen LogP contribution >= 0.6 is 11.6 Å². The lowest BCUT2D eigenvalue weighted by Gasteiger charge is -2.47. The van der Waals surface area contributed by atoms with Crippen molar-refractivity contribution >= 4 is 39.1 Å². The van der Waals surface area contributed by atoms with E-state index in [9.17, 15) is 13.2 Å². The van der Waals surface area contributed by atoms with Crippen molar-refractivity contribution in [3.63, 3.8) is 0 Å². The van der Waals surface area contributed by atoms with E-state index in [0.29, 0.717) is 12.3 Å². The number of ether oxygens (including phenoxy) is 3. The van der Waals surface area contributed by atoms with Gasteiger partial charge in [-0.05, 0) is 49.4 Å². The molecule has 11 nitrogen and oxygen atoms in total. The highest BCUT2D eigenvalue weighted by molar-refractivity contribution is 7.93. The fraction of sp³-hybridized carbons (Fsp3) is 0.321. The number of sulfonamides is 1. The van der Waals surface area contributed by atoms with Crippen LogP contribution in [0.25, 0.3) is 0 Å². The van der Waals surface area contributed by atoms with Crippen LogP contribution in [0.5, 0.6) is 17.4 Å². The Kier molecular flexibility index (Phi) is 7.35. The van der Waals surface area contributed by atoms with Crippen LogP contribution in [0.1, 0.15) is 18.1 Å². The second-order valence-electron chi connectivity index (χ2n) is 9.65. The maximum atomic E-state index is 15.0. The highest BCUT2D eigenvalue weighted by Crippen LogP contribution is 2.54. The van der Waals surface area contributed by atoms with Crippen molar-refractivity contribution in [2.24, 2.45) is 0 Å². The number of pyridine rings is 1. The highest BCUT2D eigenvalue weighted by Gasteiger charge is 2.62. The number of likely N-dealkylation sites (N-methyl/N-ethyl adjacent to an activating group) is 1. The number of fused-ring (bicyclic) bond motifs is 1. The van der Waals surface area contributed by atoms with Crippen molar-refractivity contribution in [2.75, 3.05) is 45.8 Å². The zero-order chi connectivity index (χ0) is 29.7. The first-order valence-electron chi connectivity index (χ1n) is 12.7. The summed E-state index contributed by atoms with van der Waals surface area (Å²) in [7, 11) is 1.28. The van der Waals surface area contributed by atoms with Crippen molar-refractivity contribution in [3.05, 3.63) is 70.9 Å². The SMILES string of the molecule is COc1ccc(S(=O)(=O)N2C(=O)C(c3cccnc3OC)(N3CCN(C)C(=O)[C@H]3C)c3cc(Cl)ccc32)c(OC)c1. The van der Waals surface area contributed by atoms with Gasteiger partial charge in [-0.25, -0.2) is 17.7 Å². The average molecular weight is 601 g/mol. The molecule has 3 heterocycles. The third-order valence-corrected chi connectivity index (χ3v) is 9.58. The molecule has 41 heavy (non-hydrogen) atoms. The summed E-state index contributed by atoms with van der Waals surface area (Å²) in [5.74, 6) is -0.588. The normalized spacial score (nSPS) is 21.2. The third-order valence-electron chi connectivity index (χ3n) is 7.61. The molecule has 3 aromatic rings. The van der Waals surface area contributed by atoms with Gasteiger partial charge in [0.2, 0.25) is 11.8 Å². The van der Waals surface area contributed by atoms with Crippen LogP contribution in [0.4, 0.5) is 5.69 Å². The first-order valence-corrected chi connectivity index (χ1v) is 14.5. The Morgan fingerprint density at radius 1 is 0.976 bits per heavy atom. The summed E-state index contributed by atoms with van der Waals surface area (Å²) < 4.78 is 45.9. The molecular formula is C28H29ClN4O7S. The Morgan fingerprint density at radius 3 is 2.41 bits per heavy atom. The van der Waals surface area contributed by atoms with E-state index in [0.717, 1.165) is 4.31 Å². The number of piperazine rings is 1. The Balaban J connectivity index is 1.85. The van der Waals surface area contributed by atoms with Crippen LogP contribution < -0.4 is 18.5 Å². The van der Waals surface area contributed by atoms with E-state index in [2.05, 4.69) is 4.98 Å². The first kappa shape index (κ1) is 28.7. The molecule has 0 radical (unpaired) electrons. The van der Waals surface area contributed by atoms with Gasteiger partial charge < -0.3 is 19.1 Å². The van der Waals surface area contributed by atoms with Crippen LogP contribution in [0.2, 0.25) is 5.02 Å². The summed E-state index contributed by atoms with van der Waals surface area (Å²) >= 11 is 6.49. The Labute approximate surface area is 243 Å². The van der Waals surface area contributed by atoms with E-state index >= 15 is 4.79 Å². The van der Waals surface area contributed by atoms with Gasteiger partial charge in [-0.15, -0.1) is 0 Å². The number of halogens is 1. The van der Waals surface area contributed by atoms with Gasteiger partial charge in [-0.2, -0.15) is 0 Å². The predicted molar refractivity (Wildman–Crippen MR) is 151 cm³/mol. The molecule has 0 aliphatic carbocycles. The third kappa shape index (κ3) is 4.20. The van der Waals surface area contributed by atoms with E-state index in [1.807, 2.05) is 0 Å². The zero-order valence-electron chi connectivity index (χ0n) is 23.1. The monoisotopic (exact) mass is 600 g/mol. The molecule has 2 aliphatic rings. The van der Waals surface area contributed by atoms with Crippen molar-refractivity contribution in [3.8, 4) is 17.4 Å². The van der Waals surface area contributed by atoms with Crippen LogP contribution in [0.15, 0.2) is 59.6 Å². The quantitative estimate of drug-likeness (QED) is 0.403. The summed E-state index contributed by atoms with van der Waals surface area (Å²) in [6.07, 6.45) is 1.50. The Bertz CT molecular complexity index is 1650. The van der Waals surface area contributed by atoms with Gasteiger partial charge in [0.25, 0.3) is 15.9 Å². The molecule has 2 aromatic carbocycles. The number of amides is 2. The van der Waals surface area contributed by atoms with Crippen molar-refractivity contribution in [1.29, 1.82) is 0 Å². The molecule has 1 unspecified atom stereocenters. The number of rotatable bonds is 7. The molecule has 13 heteroatoms. The van der Waals surface area contributed by atoms with Gasteiger partial charge in [0.05, 0.1) is 33.1 Å². The molecule has 0 N–H and O–H groups in total. The van der Waals surface area contributed by atoms with Crippen LogP contribution in [0.3, 0.4) is 0 Å². The fourth-order valence-corrected chi connectivity index (χ4v) is 7.44. The number of carbonyl (C=O) groups is 2. The number of benzene rings is 2. The molecule has 216 valence electrons. The van der Waals surface area contributed by atoms with E-state index < -0.39 is 27.5 Å². The minimum atomic E-state index is -4.58. The molecule has 0 bridgehead atoms. The average Bonchev–Trinajstić information content (AvgIpc) is 3.23. The van der Waals surface area contributed by atoms with Gasteiger partial charge in [0.15, 0.2) is 5.54 Å². The van der Waals surface area contributed by atoms with Crippen LogP contribution in [-0.4, -0.2) is 82.5 Å². The second kappa shape index (κ2) is 10.5. The number of hydrogen-bond donors (Lipinski definition) is 0. The number of hydrogen-bond acceptors (Lipinski definition) is 9. The summed E-state index contributed by atoms with van der Waals surface area (Å²) in [5.41, 5.74) is -1.19. The van der Waals surface area contributed by atoms with Crippen molar-refractivity contribution in [2.45, 2.75) is 23.4 Å². The molecule has 1 aromatic heterocycles. The van der Waals surface area contributed by atoms with E-state index in [1.165, 1.54) is 57.9 Å². The number of anilines is 1. The van der Waals surface area contributed by atoms with Crippen LogP contribution in [0, 0.1) is 0 Å². The van der Waals surface area contributed by atoms with E-state index in [1.54, 1.807) is 42.0 Å². The van der Waals surface area contributed by atoms with E-state index in [4.69, 9.17) is 25.8 Å². The molecule has 1 fully saturated rings. The smallest absolute Gasteiger partial charge is 0.274 e. The second-order valence-corrected chi connectivity index (χ2v) is 11.8. The maximum Gasteiger partial charge on any atom is 0.274 e. The van der Waals surface area contributed by atoms with E-state index in [-0.39, 0.29) is 50.8 Å². The molecule has 2 amide bonds. The predicted octanol–water partition coefficient (Wildman–Crippen LogP) is 2.90. The lowest BCUT2D eigenvalue weighted by atomic mass is 9.80. The summed E-state index contributed by atoms with van der Waals surface area (Å²) in [6, 6.07) is 11.2. The molecular weight excluding hydrogens is 572 g/mol. The number of carbonyl (C=O) groups excluding carboxylic acids is 2. The standard InChI is InChI=1S/C28H29ClN4O7S/c1-17-26(34)31(2)13-14-32(17)28(20-7-6-12-30-25(20)40-5)21-15-18(29)8-10-22(21)33(27(28)35)41(36,37)24-11-9-19(38-3)16-23(24)39-4/h6-12,15-17H,13-14H2,1-5H3/t17-,28?/m1/s1. The molecule has 0 saturated carbocycles. The maximum absolute atomic E-state index is 15.0. The van der Waals surface area contributed by atoms with Crippen molar-refractivity contribution < 1.29 is 32.2 Å². The van der Waals surface area contributed by atoms with Gasteiger partial charge in [0, 0.05) is 48.5 Å².